The van der Waals surface area contributed by atoms with Crippen molar-refractivity contribution in [3.05, 3.63) is 84.2 Å². The second-order valence-electron chi connectivity index (χ2n) is 6.84. The Labute approximate surface area is 185 Å². The fourth-order valence-corrected chi connectivity index (χ4v) is 4.10. The van der Waals surface area contributed by atoms with E-state index in [1.807, 2.05) is 73.7 Å². The summed E-state index contributed by atoms with van der Waals surface area (Å²) in [7, 11) is 1.59. The number of carbonyl (C=O) groups excluding carboxylic acids is 1. The summed E-state index contributed by atoms with van der Waals surface area (Å²) in [4.78, 5) is 22.9. The number of hydrogen-bond donors (Lipinski definition) is 2. The summed E-state index contributed by atoms with van der Waals surface area (Å²) in [5.41, 5.74) is 5.01. The first-order valence-electron chi connectivity index (χ1n) is 9.78. The van der Waals surface area contributed by atoms with E-state index in [4.69, 9.17) is 9.72 Å². The lowest BCUT2D eigenvalue weighted by Gasteiger charge is -2.13. The minimum atomic E-state index is -0.317. The minimum Gasteiger partial charge on any atom is -0.497 e. The van der Waals surface area contributed by atoms with E-state index < -0.39 is 0 Å². The highest BCUT2D eigenvalue weighted by Gasteiger charge is 2.10. The summed E-state index contributed by atoms with van der Waals surface area (Å²) in [6, 6.07) is 22.5. The van der Waals surface area contributed by atoms with E-state index in [0.717, 1.165) is 33.0 Å². The number of urea groups is 1. The molecule has 0 aliphatic carbocycles. The van der Waals surface area contributed by atoms with Gasteiger partial charge in [-0.15, -0.1) is 11.8 Å². The third-order valence-corrected chi connectivity index (χ3v) is 5.75. The number of fused-ring (bicyclic) bond motifs is 1. The van der Waals surface area contributed by atoms with Gasteiger partial charge in [-0.25, -0.2) is 14.8 Å². The Morgan fingerprint density at radius 1 is 0.935 bits per heavy atom. The average molecular weight is 431 g/mol. The molecule has 7 heteroatoms. The first kappa shape index (κ1) is 20.7. The van der Waals surface area contributed by atoms with Crippen molar-refractivity contribution in [2.24, 2.45) is 0 Å². The van der Waals surface area contributed by atoms with E-state index >= 15 is 0 Å². The van der Waals surface area contributed by atoms with Gasteiger partial charge in [0.05, 0.1) is 35.2 Å². The SMILES string of the molecule is COc1cccc(NC(=O)Nc2ccccc2SCc2nc3ccccc3nc2C)c1. The lowest BCUT2D eigenvalue weighted by atomic mass is 10.2. The predicted octanol–water partition coefficient (Wildman–Crippen LogP) is 5.88. The van der Waals surface area contributed by atoms with Crippen molar-refractivity contribution < 1.29 is 9.53 Å². The number of ether oxygens (including phenoxy) is 1. The Balaban J connectivity index is 1.46. The van der Waals surface area contributed by atoms with Crippen molar-refractivity contribution in [1.29, 1.82) is 0 Å². The first-order valence-corrected chi connectivity index (χ1v) is 10.8. The average Bonchev–Trinajstić information content (AvgIpc) is 2.78. The molecule has 0 unspecified atom stereocenters. The molecule has 0 bridgehead atoms. The number of anilines is 2. The smallest absolute Gasteiger partial charge is 0.323 e. The summed E-state index contributed by atoms with van der Waals surface area (Å²) in [5.74, 6) is 1.33. The van der Waals surface area contributed by atoms with Gasteiger partial charge in [-0.05, 0) is 43.3 Å². The molecule has 6 nitrogen and oxygen atoms in total. The van der Waals surface area contributed by atoms with Crippen LogP contribution in [0.25, 0.3) is 11.0 Å². The van der Waals surface area contributed by atoms with E-state index in [0.29, 0.717) is 17.2 Å². The largest absolute Gasteiger partial charge is 0.497 e. The standard InChI is InChI=1S/C24H22N4O2S/c1-16-22(27-20-11-4-3-10-19(20)25-16)15-31-23-13-6-5-12-21(23)28-24(29)26-17-8-7-9-18(14-17)30-2/h3-14H,15H2,1-2H3,(H2,26,28,29). The number of nitrogens with zero attached hydrogens (tertiary/aromatic N) is 2. The first-order chi connectivity index (χ1) is 15.1. The molecule has 0 atom stereocenters. The van der Waals surface area contributed by atoms with Crippen molar-refractivity contribution in [3.8, 4) is 5.75 Å². The van der Waals surface area contributed by atoms with Crippen LogP contribution in [0.3, 0.4) is 0 Å². The number of aromatic nitrogens is 2. The second kappa shape index (κ2) is 9.49. The van der Waals surface area contributed by atoms with Gasteiger partial charge in [0.25, 0.3) is 0 Å². The lowest BCUT2D eigenvalue weighted by molar-refractivity contribution is 0.262. The maximum atomic E-state index is 12.5. The molecule has 3 aromatic carbocycles. The van der Waals surface area contributed by atoms with Crippen LogP contribution in [0, 0.1) is 6.92 Å². The Kier molecular flexibility index (Phi) is 6.33. The van der Waals surface area contributed by atoms with Gasteiger partial charge >= 0.3 is 6.03 Å². The summed E-state index contributed by atoms with van der Waals surface area (Å²) < 4.78 is 5.20. The van der Waals surface area contributed by atoms with E-state index in [2.05, 4.69) is 15.6 Å². The van der Waals surface area contributed by atoms with Crippen LogP contribution in [0.15, 0.2) is 77.7 Å². The zero-order valence-corrected chi connectivity index (χ0v) is 18.1. The predicted molar refractivity (Wildman–Crippen MR) is 126 cm³/mol. The number of aryl methyl sites for hydroxylation is 1. The van der Waals surface area contributed by atoms with Gasteiger partial charge in [0.2, 0.25) is 0 Å². The molecular weight excluding hydrogens is 408 g/mol. The number of para-hydroxylation sites is 3. The Morgan fingerprint density at radius 2 is 1.68 bits per heavy atom. The maximum Gasteiger partial charge on any atom is 0.323 e. The van der Waals surface area contributed by atoms with E-state index in [-0.39, 0.29) is 6.03 Å². The molecule has 156 valence electrons. The number of nitrogens with one attached hydrogen (secondary N) is 2. The molecule has 0 saturated heterocycles. The molecule has 0 fully saturated rings. The van der Waals surface area contributed by atoms with Gasteiger partial charge in [0.1, 0.15) is 5.75 Å². The van der Waals surface area contributed by atoms with Gasteiger partial charge in [0.15, 0.2) is 0 Å². The molecule has 0 aliphatic heterocycles. The van der Waals surface area contributed by atoms with Crippen molar-refractivity contribution >= 4 is 40.2 Å². The Bertz CT molecular complexity index is 1230. The number of hydrogen-bond acceptors (Lipinski definition) is 5. The van der Waals surface area contributed by atoms with Crippen LogP contribution in [0.4, 0.5) is 16.2 Å². The van der Waals surface area contributed by atoms with Gasteiger partial charge in [-0.3, -0.25) is 0 Å². The molecule has 0 radical (unpaired) electrons. The van der Waals surface area contributed by atoms with Crippen LogP contribution in [0.5, 0.6) is 5.75 Å². The molecule has 0 saturated carbocycles. The molecule has 1 heterocycles. The minimum absolute atomic E-state index is 0.317. The van der Waals surface area contributed by atoms with Crippen molar-refractivity contribution in [2.45, 2.75) is 17.6 Å². The number of benzene rings is 3. The van der Waals surface area contributed by atoms with Crippen LogP contribution < -0.4 is 15.4 Å². The Hall–Kier alpha value is -3.58. The van der Waals surface area contributed by atoms with Gasteiger partial charge in [-0.2, -0.15) is 0 Å². The molecule has 0 spiro atoms. The molecule has 4 rings (SSSR count). The fourth-order valence-electron chi connectivity index (χ4n) is 3.09. The summed E-state index contributed by atoms with van der Waals surface area (Å²) in [5, 5.41) is 5.76. The van der Waals surface area contributed by atoms with Gasteiger partial charge < -0.3 is 15.4 Å². The van der Waals surface area contributed by atoms with E-state index in [1.54, 1.807) is 24.9 Å². The molecular formula is C24H22N4O2S. The van der Waals surface area contributed by atoms with E-state index in [1.165, 1.54) is 0 Å². The number of methoxy groups -OCH3 is 1. The zero-order chi connectivity index (χ0) is 21.6. The molecule has 2 amide bonds. The number of rotatable bonds is 6. The monoisotopic (exact) mass is 430 g/mol. The van der Waals surface area contributed by atoms with E-state index in [9.17, 15) is 4.79 Å². The van der Waals surface area contributed by atoms with Crippen LogP contribution in [0.2, 0.25) is 0 Å². The van der Waals surface area contributed by atoms with Crippen LogP contribution in [0.1, 0.15) is 11.4 Å². The number of thioether (sulfide) groups is 1. The summed E-state index contributed by atoms with van der Waals surface area (Å²) >= 11 is 1.61. The highest BCUT2D eigenvalue weighted by molar-refractivity contribution is 7.98. The van der Waals surface area contributed by atoms with Crippen LogP contribution in [-0.4, -0.2) is 23.1 Å². The van der Waals surface area contributed by atoms with Crippen molar-refractivity contribution in [2.75, 3.05) is 17.7 Å². The Morgan fingerprint density at radius 3 is 2.48 bits per heavy atom. The molecule has 1 aromatic heterocycles. The highest BCUT2D eigenvalue weighted by atomic mass is 32.2. The van der Waals surface area contributed by atoms with Crippen molar-refractivity contribution in [3.63, 3.8) is 0 Å². The van der Waals surface area contributed by atoms with Gasteiger partial charge in [-0.1, -0.05) is 30.3 Å². The van der Waals surface area contributed by atoms with Gasteiger partial charge in [0, 0.05) is 22.4 Å². The molecule has 4 aromatic rings. The quantitative estimate of drug-likeness (QED) is 0.373. The number of carbonyl (C=O) groups is 1. The molecule has 0 aliphatic rings. The third-order valence-electron chi connectivity index (χ3n) is 4.67. The topological polar surface area (TPSA) is 76.1 Å². The normalized spacial score (nSPS) is 10.6. The number of amides is 2. The summed E-state index contributed by atoms with van der Waals surface area (Å²) in [6.07, 6.45) is 0. The molecule has 2 N–H and O–H groups in total. The highest BCUT2D eigenvalue weighted by Crippen LogP contribution is 2.30. The van der Waals surface area contributed by atoms with Crippen LogP contribution >= 0.6 is 11.8 Å². The summed E-state index contributed by atoms with van der Waals surface area (Å²) in [6.45, 7) is 1.97. The van der Waals surface area contributed by atoms with Crippen LogP contribution in [-0.2, 0) is 5.75 Å². The zero-order valence-electron chi connectivity index (χ0n) is 17.3. The lowest BCUT2D eigenvalue weighted by Crippen LogP contribution is -2.19. The maximum absolute atomic E-state index is 12.5. The molecule has 31 heavy (non-hydrogen) atoms. The third kappa shape index (κ3) is 5.13. The second-order valence-corrected chi connectivity index (χ2v) is 7.86. The van der Waals surface area contributed by atoms with Crippen molar-refractivity contribution in [1.82, 2.24) is 9.97 Å². The fraction of sp³-hybridized carbons (Fsp3) is 0.125.